The highest BCUT2D eigenvalue weighted by atomic mass is 16.7. The molecule has 168 valence electrons. The standard InChI is InChI=1S/C25H28N2O5/c1-2-30-25-17(9-7-13-28)18(19-15-31-22-12-6-3-8-16(19)22)14-23(32-25)24(29)27-21-11-5-4-10-20(21)26/h3-6,8,10-12,14-15,17-18,25,28H,2,7,9,13,26H2,1H3,(H,27,29)/t17-,18+,25-/m0/s1. The molecule has 0 fully saturated rings. The molecule has 0 unspecified atom stereocenters. The van der Waals surface area contributed by atoms with E-state index in [0.29, 0.717) is 30.8 Å². The zero-order valence-electron chi connectivity index (χ0n) is 18.0. The van der Waals surface area contributed by atoms with Gasteiger partial charge in [-0.1, -0.05) is 30.3 Å². The summed E-state index contributed by atoms with van der Waals surface area (Å²) in [6.07, 6.45) is 4.19. The number of amides is 1. The largest absolute Gasteiger partial charge is 0.464 e. The molecule has 1 aromatic heterocycles. The Kier molecular flexibility index (Phi) is 6.78. The van der Waals surface area contributed by atoms with Gasteiger partial charge in [0.05, 0.1) is 17.6 Å². The molecular formula is C25H28N2O5. The van der Waals surface area contributed by atoms with Crippen molar-refractivity contribution in [3.8, 4) is 0 Å². The van der Waals surface area contributed by atoms with Crippen LogP contribution in [0.15, 0.2) is 71.0 Å². The summed E-state index contributed by atoms with van der Waals surface area (Å²) in [5, 5.41) is 13.2. The highest BCUT2D eigenvalue weighted by Gasteiger charge is 2.39. The monoisotopic (exact) mass is 436 g/mol. The van der Waals surface area contributed by atoms with Crippen LogP contribution in [0, 0.1) is 5.92 Å². The van der Waals surface area contributed by atoms with E-state index in [9.17, 15) is 9.90 Å². The molecular weight excluding hydrogens is 408 g/mol. The van der Waals surface area contributed by atoms with E-state index in [4.69, 9.17) is 19.6 Å². The Morgan fingerprint density at radius 3 is 2.75 bits per heavy atom. The van der Waals surface area contributed by atoms with E-state index in [1.165, 1.54) is 0 Å². The van der Waals surface area contributed by atoms with Crippen molar-refractivity contribution in [2.75, 3.05) is 24.3 Å². The highest BCUT2D eigenvalue weighted by molar-refractivity contribution is 6.04. The second kappa shape index (κ2) is 9.89. The Bertz CT molecular complexity index is 1110. The predicted octanol–water partition coefficient (Wildman–Crippen LogP) is 4.40. The topological polar surface area (TPSA) is 107 Å². The summed E-state index contributed by atoms with van der Waals surface area (Å²) in [6, 6.07) is 14.9. The van der Waals surface area contributed by atoms with Gasteiger partial charge in [0, 0.05) is 36.0 Å². The maximum atomic E-state index is 13.1. The number of rotatable bonds is 8. The fourth-order valence-corrected chi connectivity index (χ4v) is 4.17. The first-order valence-corrected chi connectivity index (χ1v) is 10.8. The van der Waals surface area contributed by atoms with Crippen LogP contribution in [-0.4, -0.2) is 30.5 Å². The van der Waals surface area contributed by atoms with Crippen LogP contribution in [0.5, 0.6) is 0 Å². The average molecular weight is 437 g/mol. The Labute approximate surface area is 186 Å². The molecule has 3 atom stereocenters. The van der Waals surface area contributed by atoms with Gasteiger partial charge in [-0.2, -0.15) is 0 Å². The van der Waals surface area contributed by atoms with Crippen LogP contribution in [-0.2, 0) is 14.3 Å². The molecule has 7 nitrogen and oxygen atoms in total. The van der Waals surface area contributed by atoms with E-state index >= 15 is 0 Å². The minimum Gasteiger partial charge on any atom is -0.464 e. The van der Waals surface area contributed by atoms with E-state index in [1.807, 2.05) is 37.3 Å². The molecule has 1 amide bonds. The number of hydrogen-bond acceptors (Lipinski definition) is 6. The Balaban J connectivity index is 1.73. The maximum Gasteiger partial charge on any atom is 0.290 e. The van der Waals surface area contributed by atoms with Crippen LogP contribution in [0.4, 0.5) is 11.4 Å². The third-order valence-corrected chi connectivity index (χ3v) is 5.71. The summed E-state index contributed by atoms with van der Waals surface area (Å²) in [4.78, 5) is 13.1. The van der Waals surface area contributed by atoms with Gasteiger partial charge < -0.3 is 30.0 Å². The van der Waals surface area contributed by atoms with Crippen LogP contribution in [0.2, 0.25) is 0 Å². The van der Waals surface area contributed by atoms with E-state index in [-0.39, 0.29) is 24.2 Å². The summed E-state index contributed by atoms with van der Waals surface area (Å²) in [7, 11) is 0. The number of allylic oxidation sites excluding steroid dienone is 1. The SMILES string of the molecule is CCO[C@H]1OC(C(=O)Nc2ccccc2N)=C[C@@H](c2coc3ccccc23)[C@@H]1CCCO. The van der Waals surface area contributed by atoms with Crippen molar-refractivity contribution in [1.82, 2.24) is 0 Å². The molecule has 4 N–H and O–H groups in total. The van der Waals surface area contributed by atoms with Crippen LogP contribution < -0.4 is 11.1 Å². The minimum absolute atomic E-state index is 0.0680. The fourth-order valence-electron chi connectivity index (χ4n) is 4.17. The van der Waals surface area contributed by atoms with E-state index in [0.717, 1.165) is 16.5 Å². The molecule has 0 saturated heterocycles. The number of hydrogen-bond donors (Lipinski definition) is 3. The number of fused-ring (bicyclic) bond motifs is 1. The number of para-hydroxylation sites is 3. The molecule has 2 heterocycles. The molecule has 32 heavy (non-hydrogen) atoms. The van der Waals surface area contributed by atoms with E-state index < -0.39 is 12.2 Å². The van der Waals surface area contributed by atoms with Crippen molar-refractivity contribution >= 4 is 28.3 Å². The van der Waals surface area contributed by atoms with Crippen molar-refractivity contribution in [2.24, 2.45) is 5.92 Å². The molecule has 1 aliphatic heterocycles. The van der Waals surface area contributed by atoms with Crippen molar-refractivity contribution < 1.29 is 23.8 Å². The van der Waals surface area contributed by atoms with Gasteiger partial charge in [0.1, 0.15) is 5.58 Å². The second-order valence-corrected chi connectivity index (χ2v) is 7.76. The van der Waals surface area contributed by atoms with Gasteiger partial charge in [0.25, 0.3) is 5.91 Å². The normalized spacial score (nSPS) is 20.6. The number of nitrogen functional groups attached to an aromatic ring is 1. The number of carbonyl (C=O) groups is 1. The lowest BCUT2D eigenvalue weighted by atomic mass is 9.80. The number of furan rings is 1. The number of nitrogens with one attached hydrogen (secondary N) is 1. The van der Waals surface area contributed by atoms with Crippen molar-refractivity contribution in [3.05, 3.63) is 72.2 Å². The quantitative estimate of drug-likeness (QED) is 0.452. The first kappa shape index (κ1) is 21.9. The third-order valence-electron chi connectivity index (χ3n) is 5.71. The van der Waals surface area contributed by atoms with Crippen LogP contribution in [0.25, 0.3) is 11.0 Å². The Morgan fingerprint density at radius 2 is 1.97 bits per heavy atom. The van der Waals surface area contributed by atoms with Gasteiger partial charge >= 0.3 is 0 Å². The number of carbonyl (C=O) groups excluding carboxylic acids is 1. The predicted molar refractivity (Wildman–Crippen MR) is 123 cm³/mol. The van der Waals surface area contributed by atoms with E-state index in [2.05, 4.69) is 5.32 Å². The number of aliphatic hydroxyl groups excluding tert-OH is 1. The molecule has 0 radical (unpaired) electrons. The molecule has 0 aliphatic carbocycles. The fraction of sp³-hybridized carbons (Fsp3) is 0.320. The zero-order chi connectivity index (χ0) is 22.5. The maximum absolute atomic E-state index is 13.1. The summed E-state index contributed by atoms with van der Waals surface area (Å²) in [5.74, 6) is -0.515. The summed E-state index contributed by atoms with van der Waals surface area (Å²) >= 11 is 0. The molecule has 1 aliphatic rings. The number of ether oxygens (including phenoxy) is 2. The zero-order valence-corrected chi connectivity index (χ0v) is 18.0. The summed E-state index contributed by atoms with van der Waals surface area (Å²) < 4.78 is 17.7. The third kappa shape index (κ3) is 4.49. The van der Waals surface area contributed by atoms with Crippen LogP contribution in [0.1, 0.15) is 31.2 Å². The summed E-state index contributed by atoms with van der Waals surface area (Å²) in [5.41, 5.74) is 8.70. The van der Waals surface area contributed by atoms with Gasteiger partial charge in [-0.3, -0.25) is 4.79 Å². The van der Waals surface area contributed by atoms with Crippen LogP contribution in [0.3, 0.4) is 0 Å². The Morgan fingerprint density at radius 1 is 1.19 bits per heavy atom. The van der Waals surface area contributed by atoms with Gasteiger partial charge in [-0.15, -0.1) is 0 Å². The van der Waals surface area contributed by atoms with Gasteiger partial charge in [-0.25, -0.2) is 0 Å². The molecule has 2 aromatic carbocycles. The lowest BCUT2D eigenvalue weighted by molar-refractivity contribution is -0.164. The lowest BCUT2D eigenvalue weighted by Gasteiger charge is -2.36. The van der Waals surface area contributed by atoms with Gasteiger partial charge in [0.15, 0.2) is 5.76 Å². The smallest absolute Gasteiger partial charge is 0.290 e. The molecule has 3 aromatic rings. The number of anilines is 2. The lowest BCUT2D eigenvalue weighted by Crippen LogP contribution is -2.37. The van der Waals surface area contributed by atoms with Crippen LogP contribution >= 0.6 is 0 Å². The molecule has 4 rings (SSSR count). The second-order valence-electron chi connectivity index (χ2n) is 7.76. The molecule has 7 heteroatoms. The minimum atomic E-state index is -0.635. The Hall–Kier alpha value is -3.29. The first-order chi connectivity index (χ1) is 15.6. The van der Waals surface area contributed by atoms with Crippen molar-refractivity contribution in [1.29, 1.82) is 0 Å². The summed E-state index contributed by atoms with van der Waals surface area (Å²) in [6.45, 7) is 2.38. The molecule has 0 bridgehead atoms. The number of nitrogens with two attached hydrogens (primary N) is 1. The highest BCUT2D eigenvalue weighted by Crippen LogP contribution is 2.42. The molecule has 0 saturated carbocycles. The van der Waals surface area contributed by atoms with Crippen molar-refractivity contribution in [2.45, 2.75) is 32.0 Å². The van der Waals surface area contributed by atoms with Crippen molar-refractivity contribution in [3.63, 3.8) is 0 Å². The van der Waals surface area contributed by atoms with Gasteiger partial charge in [-0.05, 0) is 44.0 Å². The van der Waals surface area contributed by atoms with Gasteiger partial charge in [0.2, 0.25) is 6.29 Å². The number of aliphatic hydroxyl groups is 1. The average Bonchev–Trinajstić information content (AvgIpc) is 3.23. The molecule has 0 spiro atoms. The first-order valence-electron chi connectivity index (χ1n) is 10.8. The van der Waals surface area contributed by atoms with E-state index in [1.54, 1.807) is 30.5 Å². The number of benzene rings is 2.